The van der Waals surface area contributed by atoms with Gasteiger partial charge in [-0.2, -0.15) is 4.31 Å². The van der Waals surface area contributed by atoms with Crippen LogP contribution in [0, 0.1) is 6.92 Å². The Morgan fingerprint density at radius 2 is 1.90 bits per heavy atom. The van der Waals surface area contributed by atoms with Gasteiger partial charge in [-0.05, 0) is 31.5 Å². The first kappa shape index (κ1) is 22.6. The smallest absolute Gasteiger partial charge is 0.344 e. The average Bonchev–Trinajstić information content (AvgIpc) is 3.07. The first-order valence-corrected chi connectivity index (χ1v) is 10.7. The number of sulfonamides is 1. The van der Waals surface area contributed by atoms with E-state index >= 15 is 0 Å². The molecular formula is C19H25N3O6S. The van der Waals surface area contributed by atoms with Crippen molar-refractivity contribution in [1.82, 2.24) is 9.46 Å². The van der Waals surface area contributed by atoms with Gasteiger partial charge in [0, 0.05) is 18.8 Å². The van der Waals surface area contributed by atoms with Crippen LogP contribution >= 0.6 is 0 Å². The quantitative estimate of drug-likeness (QED) is 0.615. The number of esters is 1. The summed E-state index contributed by atoms with van der Waals surface area (Å²) < 4.78 is 36.5. The number of ether oxygens (including phenoxy) is 1. The lowest BCUT2D eigenvalue weighted by Crippen LogP contribution is -2.30. The predicted octanol–water partition coefficient (Wildman–Crippen LogP) is 2.37. The van der Waals surface area contributed by atoms with Crippen molar-refractivity contribution in [2.75, 3.05) is 25.0 Å². The van der Waals surface area contributed by atoms with Gasteiger partial charge in [0.1, 0.15) is 11.3 Å². The van der Waals surface area contributed by atoms with E-state index in [4.69, 9.17) is 9.26 Å². The minimum absolute atomic E-state index is 0.0729. The minimum Gasteiger partial charge on any atom is -0.452 e. The van der Waals surface area contributed by atoms with Crippen LogP contribution in [0.3, 0.4) is 0 Å². The van der Waals surface area contributed by atoms with Crippen LogP contribution in [0.1, 0.15) is 42.6 Å². The molecule has 158 valence electrons. The third kappa shape index (κ3) is 5.21. The van der Waals surface area contributed by atoms with Gasteiger partial charge < -0.3 is 14.6 Å². The first-order valence-electron chi connectivity index (χ1n) is 9.26. The maximum Gasteiger partial charge on any atom is 0.344 e. The van der Waals surface area contributed by atoms with E-state index in [0.717, 1.165) is 0 Å². The van der Waals surface area contributed by atoms with Gasteiger partial charge in [-0.3, -0.25) is 4.79 Å². The van der Waals surface area contributed by atoms with Crippen molar-refractivity contribution in [3.8, 4) is 0 Å². The molecule has 0 bridgehead atoms. The van der Waals surface area contributed by atoms with Gasteiger partial charge in [0.25, 0.3) is 5.91 Å². The third-order valence-corrected chi connectivity index (χ3v) is 6.31. The Morgan fingerprint density at radius 3 is 2.52 bits per heavy atom. The molecule has 0 unspecified atom stereocenters. The monoisotopic (exact) mass is 423 g/mol. The normalized spacial score (nSPS) is 11.5. The molecule has 10 heteroatoms. The van der Waals surface area contributed by atoms with Gasteiger partial charge in [0.15, 0.2) is 6.61 Å². The molecule has 29 heavy (non-hydrogen) atoms. The number of nitrogens with one attached hydrogen (secondary N) is 1. The number of aryl methyl sites for hydroxylation is 2. The van der Waals surface area contributed by atoms with E-state index in [0.29, 0.717) is 31.0 Å². The fraction of sp³-hybridized carbons (Fsp3) is 0.421. The number of rotatable bonds is 9. The lowest BCUT2D eigenvalue weighted by Gasteiger charge is -2.18. The Morgan fingerprint density at radius 1 is 1.21 bits per heavy atom. The summed E-state index contributed by atoms with van der Waals surface area (Å²) in [6, 6.07) is 5.92. The predicted molar refractivity (Wildman–Crippen MR) is 106 cm³/mol. The number of benzene rings is 1. The molecule has 0 aliphatic rings. The molecule has 0 fully saturated rings. The van der Waals surface area contributed by atoms with Crippen molar-refractivity contribution in [2.45, 2.75) is 39.0 Å². The minimum atomic E-state index is -3.65. The third-order valence-electron chi connectivity index (χ3n) is 4.27. The molecule has 0 saturated carbocycles. The number of amides is 1. The summed E-state index contributed by atoms with van der Waals surface area (Å²) in [6.45, 7) is 7.07. The lowest BCUT2D eigenvalue weighted by atomic mass is 10.1. The fourth-order valence-corrected chi connectivity index (χ4v) is 4.27. The summed E-state index contributed by atoms with van der Waals surface area (Å²) in [5, 5.41) is 6.31. The summed E-state index contributed by atoms with van der Waals surface area (Å²) in [6.07, 6.45) is 0.488. The van der Waals surface area contributed by atoms with Crippen molar-refractivity contribution in [3.63, 3.8) is 0 Å². The number of carbonyl (C=O) groups is 2. The van der Waals surface area contributed by atoms with Crippen molar-refractivity contribution in [3.05, 3.63) is 41.3 Å². The Hall–Kier alpha value is -2.72. The average molecular weight is 423 g/mol. The maximum absolute atomic E-state index is 12.6. The number of anilines is 1. The second-order valence-corrected chi connectivity index (χ2v) is 8.09. The highest BCUT2D eigenvalue weighted by atomic mass is 32.2. The molecule has 0 saturated heterocycles. The summed E-state index contributed by atoms with van der Waals surface area (Å²) >= 11 is 0. The molecule has 0 aliphatic carbocycles. The number of hydrogen-bond donors (Lipinski definition) is 1. The summed E-state index contributed by atoms with van der Waals surface area (Å²) in [5.74, 6) is -0.974. The SMILES string of the molecule is CCc1noc(C)c1C(=O)OCC(=O)Nc1cccc(S(=O)(=O)N(CC)CC)c1. The second kappa shape index (κ2) is 9.66. The number of carbonyl (C=O) groups excluding carboxylic acids is 2. The summed E-state index contributed by atoms with van der Waals surface area (Å²) in [5.41, 5.74) is 0.963. The molecule has 0 aliphatic heterocycles. The molecule has 1 heterocycles. The van der Waals surface area contributed by atoms with Gasteiger partial charge >= 0.3 is 5.97 Å². The fourth-order valence-electron chi connectivity index (χ4n) is 2.77. The van der Waals surface area contributed by atoms with Gasteiger partial charge in [0.2, 0.25) is 10.0 Å². The molecule has 1 aromatic carbocycles. The highest BCUT2D eigenvalue weighted by Gasteiger charge is 2.23. The van der Waals surface area contributed by atoms with E-state index < -0.39 is 28.5 Å². The molecule has 2 rings (SSSR count). The standard InChI is InChI=1S/C19H25N3O6S/c1-5-16-18(13(4)28-21-16)19(24)27-12-17(23)20-14-9-8-10-15(11-14)29(25,26)22(6-2)7-3/h8-11H,5-7,12H2,1-4H3,(H,20,23). The Labute approximate surface area is 170 Å². The molecule has 0 atom stereocenters. The zero-order valence-electron chi connectivity index (χ0n) is 16.9. The van der Waals surface area contributed by atoms with Gasteiger partial charge in [-0.25, -0.2) is 13.2 Å². The molecule has 1 amide bonds. The Kier molecular flexibility index (Phi) is 7.52. The van der Waals surface area contributed by atoms with Gasteiger partial charge in [-0.1, -0.05) is 32.0 Å². The van der Waals surface area contributed by atoms with Crippen LogP contribution in [0.5, 0.6) is 0 Å². The summed E-state index contributed by atoms with van der Waals surface area (Å²) in [7, 11) is -3.65. The Bertz CT molecular complexity index is 980. The summed E-state index contributed by atoms with van der Waals surface area (Å²) in [4.78, 5) is 24.4. The molecule has 9 nitrogen and oxygen atoms in total. The largest absolute Gasteiger partial charge is 0.452 e. The van der Waals surface area contributed by atoms with E-state index in [-0.39, 0.29) is 16.1 Å². The van der Waals surface area contributed by atoms with Crippen LogP contribution in [0.2, 0.25) is 0 Å². The number of nitrogens with zero attached hydrogens (tertiary/aromatic N) is 2. The van der Waals surface area contributed by atoms with E-state index in [1.807, 2.05) is 6.92 Å². The van der Waals surface area contributed by atoms with E-state index in [9.17, 15) is 18.0 Å². The van der Waals surface area contributed by atoms with Crippen LogP contribution in [-0.2, 0) is 26.0 Å². The second-order valence-electron chi connectivity index (χ2n) is 6.16. The Balaban J connectivity index is 2.04. The maximum atomic E-state index is 12.6. The molecule has 1 aromatic heterocycles. The van der Waals surface area contributed by atoms with Crippen LogP contribution in [-0.4, -0.2) is 49.5 Å². The topological polar surface area (TPSA) is 119 Å². The van der Waals surface area contributed by atoms with Crippen LogP contribution in [0.4, 0.5) is 5.69 Å². The van der Waals surface area contributed by atoms with Crippen LogP contribution in [0.15, 0.2) is 33.7 Å². The van der Waals surface area contributed by atoms with E-state index in [1.165, 1.54) is 22.5 Å². The molecule has 0 radical (unpaired) electrons. The van der Waals surface area contributed by atoms with Crippen LogP contribution < -0.4 is 5.32 Å². The molecular weight excluding hydrogens is 398 g/mol. The zero-order valence-corrected chi connectivity index (χ0v) is 17.7. The molecule has 1 N–H and O–H groups in total. The molecule has 2 aromatic rings. The first-order chi connectivity index (χ1) is 13.7. The highest BCUT2D eigenvalue weighted by Crippen LogP contribution is 2.20. The van der Waals surface area contributed by atoms with Crippen molar-refractivity contribution >= 4 is 27.6 Å². The molecule has 0 spiro atoms. The number of hydrogen-bond acceptors (Lipinski definition) is 7. The number of aromatic nitrogens is 1. The van der Waals surface area contributed by atoms with Crippen LogP contribution in [0.25, 0.3) is 0 Å². The van der Waals surface area contributed by atoms with Gasteiger partial charge in [-0.15, -0.1) is 0 Å². The van der Waals surface area contributed by atoms with Gasteiger partial charge in [0.05, 0.1) is 10.6 Å². The van der Waals surface area contributed by atoms with E-state index in [2.05, 4.69) is 10.5 Å². The van der Waals surface area contributed by atoms with Crippen molar-refractivity contribution < 1.29 is 27.3 Å². The van der Waals surface area contributed by atoms with Crippen molar-refractivity contribution in [1.29, 1.82) is 0 Å². The zero-order chi connectivity index (χ0) is 21.6. The highest BCUT2D eigenvalue weighted by molar-refractivity contribution is 7.89. The lowest BCUT2D eigenvalue weighted by molar-refractivity contribution is -0.119. The van der Waals surface area contributed by atoms with E-state index in [1.54, 1.807) is 26.8 Å². The van der Waals surface area contributed by atoms with Crippen molar-refractivity contribution in [2.24, 2.45) is 0 Å².